The van der Waals surface area contributed by atoms with Gasteiger partial charge < -0.3 is 5.32 Å². The zero-order chi connectivity index (χ0) is 13.1. The van der Waals surface area contributed by atoms with E-state index in [1.165, 1.54) is 5.56 Å². The van der Waals surface area contributed by atoms with Gasteiger partial charge in [0.2, 0.25) is 0 Å². The summed E-state index contributed by atoms with van der Waals surface area (Å²) in [5.74, 6) is 0. The Morgan fingerprint density at radius 1 is 1.33 bits per heavy atom. The number of benzene rings is 1. The lowest BCUT2D eigenvalue weighted by atomic mass is 10.0. The topological polar surface area (TPSA) is 29.9 Å². The third-order valence-electron chi connectivity index (χ3n) is 2.87. The molecule has 0 radical (unpaired) electrons. The van der Waals surface area contributed by atoms with Crippen LogP contribution in [0.3, 0.4) is 0 Å². The molecule has 0 unspecified atom stereocenters. The van der Waals surface area contributed by atoms with Crippen molar-refractivity contribution < 1.29 is 0 Å². The third-order valence-corrected chi connectivity index (χ3v) is 3.10. The van der Waals surface area contributed by atoms with Crippen molar-refractivity contribution in [3.63, 3.8) is 0 Å². The van der Waals surface area contributed by atoms with Crippen LogP contribution in [-0.2, 0) is 13.6 Å². The number of rotatable bonds is 4. The predicted octanol–water partition coefficient (Wildman–Crippen LogP) is 3.24. The van der Waals surface area contributed by atoms with Crippen LogP contribution >= 0.6 is 11.6 Å². The van der Waals surface area contributed by atoms with Crippen LogP contribution in [0.5, 0.6) is 0 Å². The summed E-state index contributed by atoms with van der Waals surface area (Å²) in [6, 6.07) is 8.46. The molecule has 0 spiro atoms. The minimum atomic E-state index is 0.458. The van der Waals surface area contributed by atoms with E-state index in [1.807, 2.05) is 29.9 Å². The molecule has 1 aromatic carbocycles. The molecule has 0 aliphatic heterocycles. The number of aryl methyl sites for hydroxylation is 1. The van der Waals surface area contributed by atoms with E-state index in [9.17, 15) is 0 Å². The van der Waals surface area contributed by atoms with Gasteiger partial charge in [-0.1, -0.05) is 31.5 Å². The van der Waals surface area contributed by atoms with E-state index in [0.29, 0.717) is 6.04 Å². The first-order valence-electron chi connectivity index (χ1n) is 6.08. The average Bonchev–Trinajstić information content (AvgIpc) is 2.73. The SMILES string of the molecule is CC(C)NCc1ccc(Cl)cc1-c1ccnn1C. The minimum Gasteiger partial charge on any atom is -0.310 e. The van der Waals surface area contributed by atoms with Crippen LogP contribution in [0, 0.1) is 0 Å². The molecule has 4 heteroatoms. The van der Waals surface area contributed by atoms with E-state index >= 15 is 0 Å². The number of hydrogen-bond acceptors (Lipinski definition) is 2. The molecule has 0 atom stereocenters. The van der Waals surface area contributed by atoms with E-state index in [1.54, 1.807) is 6.20 Å². The van der Waals surface area contributed by atoms with Gasteiger partial charge in [-0.05, 0) is 23.8 Å². The van der Waals surface area contributed by atoms with Crippen molar-refractivity contribution in [2.24, 2.45) is 7.05 Å². The number of nitrogens with one attached hydrogen (secondary N) is 1. The number of halogens is 1. The van der Waals surface area contributed by atoms with Gasteiger partial charge in [0, 0.05) is 36.4 Å². The molecule has 0 fully saturated rings. The molecule has 18 heavy (non-hydrogen) atoms. The molecule has 0 saturated carbocycles. The second kappa shape index (κ2) is 5.55. The van der Waals surface area contributed by atoms with Gasteiger partial charge in [0.05, 0.1) is 5.69 Å². The van der Waals surface area contributed by atoms with Gasteiger partial charge in [-0.15, -0.1) is 0 Å². The summed E-state index contributed by atoms with van der Waals surface area (Å²) in [6.45, 7) is 5.11. The summed E-state index contributed by atoms with van der Waals surface area (Å²) in [5, 5.41) is 8.39. The van der Waals surface area contributed by atoms with Gasteiger partial charge in [-0.3, -0.25) is 4.68 Å². The van der Waals surface area contributed by atoms with Gasteiger partial charge in [0.1, 0.15) is 0 Å². The molecule has 2 rings (SSSR count). The molecule has 3 nitrogen and oxygen atoms in total. The largest absolute Gasteiger partial charge is 0.310 e. The highest BCUT2D eigenvalue weighted by molar-refractivity contribution is 6.30. The summed E-state index contributed by atoms with van der Waals surface area (Å²) < 4.78 is 1.87. The van der Waals surface area contributed by atoms with Crippen molar-refractivity contribution in [2.45, 2.75) is 26.4 Å². The molecule has 2 aromatic rings. The fourth-order valence-corrected chi connectivity index (χ4v) is 2.07. The van der Waals surface area contributed by atoms with E-state index in [2.05, 4.69) is 30.3 Å². The third kappa shape index (κ3) is 2.92. The summed E-state index contributed by atoms with van der Waals surface area (Å²) in [5.41, 5.74) is 3.45. The Morgan fingerprint density at radius 3 is 2.72 bits per heavy atom. The molecule has 0 aliphatic rings. The maximum absolute atomic E-state index is 6.10. The minimum absolute atomic E-state index is 0.458. The molecule has 1 aromatic heterocycles. The first-order valence-corrected chi connectivity index (χ1v) is 6.46. The van der Waals surface area contributed by atoms with E-state index in [-0.39, 0.29) is 0 Å². The second-order valence-electron chi connectivity index (χ2n) is 4.68. The zero-order valence-electron chi connectivity index (χ0n) is 10.9. The van der Waals surface area contributed by atoms with E-state index in [4.69, 9.17) is 11.6 Å². The van der Waals surface area contributed by atoms with Crippen LogP contribution in [0.2, 0.25) is 5.02 Å². The summed E-state index contributed by atoms with van der Waals surface area (Å²) >= 11 is 6.10. The maximum atomic E-state index is 6.10. The average molecular weight is 264 g/mol. The zero-order valence-corrected chi connectivity index (χ0v) is 11.7. The molecule has 0 aliphatic carbocycles. The highest BCUT2D eigenvalue weighted by Gasteiger charge is 2.09. The van der Waals surface area contributed by atoms with Gasteiger partial charge in [0.15, 0.2) is 0 Å². The molecule has 0 bridgehead atoms. The molecule has 1 heterocycles. The summed E-state index contributed by atoms with van der Waals surface area (Å²) in [7, 11) is 1.94. The normalized spacial score (nSPS) is 11.2. The summed E-state index contributed by atoms with van der Waals surface area (Å²) in [4.78, 5) is 0. The Balaban J connectivity index is 2.38. The lowest BCUT2D eigenvalue weighted by Gasteiger charge is -2.13. The lowest BCUT2D eigenvalue weighted by Crippen LogP contribution is -2.22. The van der Waals surface area contributed by atoms with Gasteiger partial charge in [0.25, 0.3) is 0 Å². The molecular formula is C14H18ClN3. The Kier molecular flexibility index (Phi) is 4.04. The molecule has 0 saturated heterocycles. The quantitative estimate of drug-likeness (QED) is 0.918. The first kappa shape index (κ1) is 13.1. The van der Waals surface area contributed by atoms with E-state index in [0.717, 1.165) is 22.8 Å². The van der Waals surface area contributed by atoms with Crippen molar-refractivity contribution in [3.8, 4) is 11.3 Å². The highest BCUT2D eigenvalue weighted by atomic mass is 35.5. The van der Waals surface area contributed by atoms with Crippen LogP contribution in [0.25, 0.3) is 11.3 Å². The van der Waals surface area contributed by atoms with Crippen LogP contribution in [-0.4, -0.2) is 15.8 Å². The fraction of sp³-hybridized carbons (Fsp3) is 0.357. The number of hydrogen-bond donors (Lipinski definition) is 1. The molecule has 1 N–H and O–H groups in total. The highest BCUT2D eigenvalue weighted by Crippen LogP contribution is 2.26. The number of nitrogens with zero attached hydrogens (tertiary/aromatic N) is 2. The molecular weight excluding hydrogens is 246 g/mol. The van der Waals surface area contributed by atoms with Crippen LogP contribution in [0.1, 0.15) is 19.4 Å². The Morgan fingerprint density at radius 2 is 2.11 bits per heavy atom. The standard InChI is InChI=1S/C14H18ClN3/c1-10(2)16-9-11-4-5-12(15)8-13(11)14-6-7-17-18(14)3/h4-8,10,16H,9H2,1-3H3. The van der Waals surface area contributed by atoms with Crippen molar-refractivity contribution in [1.29, 1.82) is 0 Å². The van der Waals surface area contributed by atoms with Crippen molar-refractivity contribution in [3.05, 3.63) is 41.0 Å². The van der Waals surface area contributed by atoms with Crippen molar-refractivity contribution in [1.82, 2.24) is 15.1 Å². The lowest BCUT2D eigenvalue weighted by molar-refractivity contribution is 0.589. The van der Waals surface area contributed by atoms with Gasteiger partial charge in [-0.2, -0.15) is 5.10 Å². The van der Waals surface area contributed by atoms with Crippen LogP contribution in [0.4, 0.5) is 0 Å². The van der Waals surface area contributed by atoms with Crippen LogP contribution in [0.15, 0.2) is 30.5 Å². The van der Waals surface area contributed by atoms with Crippen molar-refractivity contribution in [2.75, 3.05) is 0 Å². The molecule has 96 valence electrons. The second-order valence-corrected chi connectivity index (χ2v) is 5.11. The number of aromatic nitrogens is 2. The smallest absolute Gasteiger partial charge is 0.0682 e. The fourth-order valence-electron chi connectivity index (χ4n) is 1.89. The maximum Gasteiger partial charge on any atom is 0.0682 e. The van der Waals surface area contributed by atoms with Crippen LogP contribution < -0.4 is 5.32 Å². The summed E-state index contributed by atoms with van der Waals surface area (Å²) in [6.07, 6.45) is 1.80. The monoisotopic (exact) mass is 263 g/mol. The first-order chi connectivity index (χ1) is 8.58. The van der Waals surface area contributed by atoms with Gasteiger partial charge in [-0.25, -0.2) is 0 Å². The Hall–Kier alpha value is -1.32. The predicted molar refractivity (Wildman–Crippen MR) is 75.6 cm³/mol. The van der Waals surface area contributed by atoms with Gasteiger partial charge >= 0.3 is 0 Å². The van der Waals surface area contributed by atoms with Crippen molar-refractivity contribution >= 4 is 11.6 Å². The van der Waals surface area contributed by atoms with E-state index < -0.39 is 0 Å². The Bertz CT molecular complexity index is 532. The molecule has 0 amide bonds. The Labute approximate surface area is 113 Å².